The van der Waals surface area contributed by atoms with Crippen LogP contribution in [-0.4, -0.2) is 15.0 Å². The maximum absolute atomic E-state index is 4.94. The second-order valence-corrected chi connectivity index (χ2v) is 10.5. The molecule has 0 saturated heterocycles. The standard InChI is InChI=1S/C35H24BrN3/c36-32-29-17-9-7-15-27(29)31(28-16-8-10-18-30(28)32)23-19-21-26(22-20-23)35-38-33(24-11-3-1-4-12-24)37-34(39-35)25-13-5-2-6-14-25/h1-19,21H,20,22H2. The molecule has 1 heterocycles. The monoisotopic (exact) mass is 565 g/mol. The van der Waals surface area contributed by atoms with Gasteiger partial charge >= 0.3 is 0 Å². The number of nitrogens with zero attached hydrogens (tertiary/aromatic N) is 3. The van der Waals surface area contributed by atoms with E-state index in [1.807, 2.05) is 60.7 Å². The zero-order valence-electron chi connectivity index (χ0n) is 21.2. The van der Waals surface area contributed by atoms with Crippen molar-refractivity contribution in [3.8, 4) is 22.8 Å². The summed E-state index contributed by atoms with van der Waals surface area (Å²) in [6.45, 7) is 0. The lowest BCUT2D eigenvalue weighted by Crippen LogP contribution is -2.04. The molecule has 1 aliphatic carbocycles. The molecule has 7 rings (SSSR count). The highest BCUT2D eigenvalue weighted by molar-refractivity contribution is 9.10. The molecule has 0 atom stereocenters. The van der Waals surface area contributed by atoms with Crippen LogP contribution in [0, 0.1) is 0 Å². The van der Waals surface area contributed by atoms with Crippen molar-refractivity contribution in [2.24, 2.45) is 0 Å². The number of benzene rings is 5. The average Bonchev–Trinajstić information content (AvgIpc) is 3.02. The van der Waals surface area contributed by atoms with Gasteiger partial charge < -0.3 is 0 Å². The van der Waals surface area contributed by atoms with Crippen LogP contribution in [0.5, 0.6) is 0 Å². The molecule has 1 aromatic heterocycles. The number of aromatic nitrogens is 3. The van der Waals surface area contributed by atoms with Gasteiger partial charge in [0.25, 0.3) is 0 Å². The number of hydrogen-bond acceptors (Lipinski definition) is 3. The van der Waals surface area contributed by atoms with Gasteiger partial charge in [0, 0.05) is 15.6 Å². The Morgan fingerprint density at radius 1 is 0.436 bits per heavy atom. The molecule has 0 saturated carbocycles. The molecule has 0 radical (unpaired) electrons. The minimum absolute atomic E-state index is 0.694. The zero-order valence-corrected chi connectivity index (χ0v) is 22.8. The Hall–Kier alpha value is -4.41. The lowest BCUT2D eigenvalue weighted by Gasteiger charge is -2.20. The molecule has 1 aliphatic rings. The van der Waals surface area contributed by atoms with Crippen LogP contribution in [0.4, 0.5) is 0 Å². The van der Waals surface area contributed by atoms with Gasteiger partial charge in [-0.05, 0) is 67.0 Å². The van der Waals surface area contributed by atoms with Crippen LogP contribution < -0.4 is 0 Å². The lowest BCUT2D eigenvalue weighted by molar-refractivity contribution is 0.986. The van der Waals surface area contributed by atoms with Gasteiger partial charge in [0.05, 0.1) is 0 Å². The quantitative estimate of drug-likeness (QED) is 0.200. The van der Waals surface area contributed by atoms with E-state index in [9.17, 15) is 0 Å². The molecule has 186 valence electrons. The largest absolute Gasteiger partial charge is 0.209 e. The third-order valence-corrected chi connectivity index (χ3v) is 8.18. The summed E-state index contributed by atoms with van der Waals surface area (Å²) in [4.78, 5) is 14.7. The molecule has 0 spiro atoms. The summed E-state index contributed by atoms with van der Waals surface area (Å²) in [7, 11) is 0. The summed E-state index contributed by atoms with van der Waals surface area (Å²) in [5, 5.41) is 5.01. The third kappa shape index (κ3) is 4.37. The summed E-state index contributed by atoms with van der Waals surface area (Å²) < 4.78 is 1.15. The highest BCUT2D eigenvalue weighted by atomic mass is 79.9. The minimum Gasteiger partial charge on any atom is -0.209 e. The summed E-state index contributed by atoms with van der Waals surface area (Å²) in [6, 6.07) is 37.6. The van der Waals surface area contributed by atoms with Crippen molar-refractivity contribution in [1.29, 1.82) is 0 Å². The van der Waals surface area contributed by atoms with Gasteiger partial charge in [-0.1, -0.05) is 121 Å². The summed E-state index contributed by atoms with van der Waals surface area (Å²) in [6.07, 6.45) is 6.23. The van der Waals surface area contributed by atoms with Gasteiger partial charge in [-0.2, -0.15) is 0 Å². The predicted octanol–water partition coefficient (Wildman–Crippen LogP) is 9.54. The molecule has 0 bridgehead atoms. The number of rotatable bonds is 4. The number of hydrogen-bond donors (Lipinski definition) is 0. The van der Waals surface area contributed by atoms with E-state index in [-0.39, 0.29) is 0 Å². The first kappa shape index (κ1) is 23.7. The molecule has 6 aromatic rings. The van der Waals surface area contributed by atoms with E-state index >= 15 is 0 Å². The Bertz CT molecular complexity index is 1790. The number of allylic oxidation sites excluding steroid dienone is 4. The van der Waals surface area contributed by atoms with Crippen molar-refractivity contribution in [3.05, 3.63) is 137 Å². The van der Waals surface area contributed by atoms with Crippen LogP contribution in [0.1, 0.15) is 24.2 Å². The molecule has 0 unspecified atom stereocenters. The Balaban J connectivity index is 1.37. The van der Waals surface area contributed by atoms with Crippen molar-refractivity contribution in [3.63, 3.8) is 0 Å². The second-order valence-electron chi connectivity index (χ2n) is 9.70. The highest BCUT2D eigenvalue weighted by Gasteiger charge is 2.20. The molecular formula is C35H24BrN3. The Morgan fingerprint density at radius 3 is 1.33 bits per heavy atom. The first-order chi connectivity index (χ1) is 19.3. The predicted molar refractivity (Wildman–Crippen MR) is 165 cm³/mol. The maximum atomic E-state index is 4.94. The van der Waals surface area contributed by atoms with E-state index in [2.05, 4.69) is 76.6 Å². The Labute approximate surface area is 235 Å². The van der Waals surface area contributed by atoms with E-state index in [0.29, 0.717) is 11.6 Å². The second kappa shape index (κ2) is 10.0. The molecule has 0 fully saturated rings. The van der Waals surface area contributed by atoms with Gasteiger partial charge in [-0.3, -0.25) is 0 Å². The first-order valence-corrected chi connectivity index (χ1v) is 13.9. The zero-order chi connectivity index (χ0) is 26.2. The molecule has 4 heteroatoms. The van der Waals surface area contributed by atoms with E-state index in [0.717, 1.165) is 39.8 Å². The van der Waals surface area contributed by atoms with Crippen molar-refractivity contribution in [2.45, 2.75) is 12.8 Å². The Morgan fingerprint density at radius 2 is 0.846 bits per heavy atom. The molecule has 5 aromatic carbocycles. The maximum Gasteiger partial charge on any atom is 0.164 e. The van der Waals surface area contributed by atoms with Crippen LogP contribution >= 0.6 is 15.9 Å². The van der Waals surface area contributed by atoms with Crippen LogP contribution in [0.15, 0.2) is 126 Å². The topological polar surface area (TPSA) is 38.7 Å². The molecule has 0 N–H and O–H groups in total. The van der Waals surface area contributed by atoms with Crippen LogP contribution in [0.3, 0.4) is 0 Å². The van der Waals surface area contributed by atoms with Gasteiger partial charge in [-0.25, -0.2) is 15.0 Å². The van der Waals surface area contributed by atoms with E-state index in [1.54, 1.807) is 0 Å². The molecule has 0 amide bonds. The Kier molecular flexibility index (Phi) is 6.10. The van der Waals surface area contributed by atoms with Crippen LogP contribution in [0.25, 0.3) is 55.5 Å². The van der Waals surface area contributed by atoms with Crippen LogP contribution in [-0.2, 0) is 0 Å². The number of fused-ring (bicyclic) bond motifs is 2. The SMILES string of the molecule is Brc1c2ccccc2c(C2=CC=C(c3nc(-c4ccccc4)nc(-c4ccccc4)n3)CC2)c2ccccc12. The van der Waals surface area contributed by atoms with Crippen molar-refractivity contribution in [1.82, 2.24) is 15.0 Å². The highest BCUT2D eigenvalue weighted by Crippen LogP contribution is 2.42. The van der Waals surface area contributed by atoms with E-state index < -0.39 is 0 Å². The summed E-state index contributed by atoms with van der Waals surface area (Å²) in [5.41, 5.74) is 5.74. The summed E-state index contributed by atoms with van der Waals surface area (Å²) >= 11 is 3.88. The van der Waals surface area contributed by atoms with Crippen LogP contribution in [0.2, 0.25) is 0 Å². The van der Waals surface area contributed by atoms with Gasteiger partial charge in [0.2, 0.25) is 0 Å². The third-order valence-electron chi connectivity index (χ3n) is 7.32. The average molecular weight is 567 g/mol. The fourth-order valence-electron chi connectivity index (χ4n) is 5.41. The van der Waals surface area contributed by atoms with E-state index in [1.165, 1.54) is 32.7 Å². The lowest BCUT2D eigenvalue weighted by atomic mass is 9.86. The van der Waals surface area contributed by atoms with E-state index in [4.69, 9.17) is 15.0 Å². The fraction of sp³-hybridized carbons (Fsp3) is 0.0571. The molecule has 39 heavy (non-hydrogen) atoms. The summed E-state index contributed by atoms with van der Waals surface area (Å²) in [5.74, 6) is 2.13. The smallest absolute Gasteiger partial charge is 0.164 e. The molecule has 0 aliphatic heterocycles. The minimum atomic E-state index is 0.694. The first-order valence-electron chi connectivity index (χ1n) is 13.1. The fourth-order valence-corrected chi connectivity index (χ4v) is 6.10. The van der Waals surface area contributed by atoms with Gasteiger partial charge in [-0.15, -0.1) is 0 Å². The van der Waals surface area contributed by atoms with Crippen molar-refractivity contribution >= 4 is 48.6 Å². The van der Waals surface area contributed by atoms with Crippen molar-refractivity contribution in [2.75, 3.05) is 0 Å². The molecule has 3 nitrogen and oxygen atoms in total. The number of halogens is 1. The van der Waals surface area contributed by atoms with Crippen molar-refractivity contribution < 1.29 is 0 Å². The van der Waals surface area contributed by atoms with Gasteiger partial charge in [0.1, 0.15) is 0 Å². The molecular weight excluding hydrogens is 542 g/mol. The normalized spacial score (nSPS) is 13.4. The van der Waals surface area contributed by atoms with Gasteiger partial charge in [0.15, 0.2) is 17.5 Å².